The van der Waals surface area contributed by atoms with Crippen LogP contribution in [0.2, 0.25) is 0 Å². The first kappa shape index (κ1) is 12.0. The second-order valence-electron chi connectivity index (χ2n) is 4.01. The summed E-state index contributed by atoms with van der Waals surface area (Å²) in [5.74, 6) is 1.01. The third kappa shape index (κ3) is 3.88. The van der Waals surface area contributed by atoms with Crippen LogP contribution >= 0.6 is 7.91 Å². The van der Waals surface area contributed by atoms with E-state index in [4.69, 9.17) is 0 Å². The van der Waals surface area contributed by atoms with Crippen molar-refractivity contribution in [3.05, 3.63) is 29.3 Å². The van der Waals surface area contributed by atoms with Crippen LogP contribution < -0.4 is 4.52 Å². The van der Waals surface area contributed by atoms with Gasteiger partial charge >= 0.3 is 7.91 Å². The smallest absolute Gasteiger partial charge is 0.387 e. The minimum atomic E-state index is -2.82. The zero-order valence-electron chi connectivity index (χ0n) is 9.19. The quantitative estimate of drug-likeness (QED) is 0.736. The molecule has 1 aromatic rings. The van der Waals surface area contributed by atoms with Crippen LogP contribution in [0.5, 0.6) is 5.75 Å². The molecule has 0 aliphatic rings. The van der Waals surface area contributed by atoms with Gasteiger partial charge in [-0.2, -0.15) is 9.13 Å². The highest BCUT2D eigenvalue weighted by atomic mass is 31.1. The van der Waals surface area contributed by atoms with E-state index in [0.717, 1.165) is 12.0 Å². The summed E-state index contributed by atoms with van der Waals surface area (Å²) in [6, 6.07) is 5.58. The van der Waals surface area contributed by atoms with Crippen molar-refractivity contribution in [2.24, 2.45) is 5.92 Å². The number of hydrogen-bond acceptors (Lipinski definition) is 3. The Labute approximate surface area is 90.4 Å². The van der Waals surface area contributed by atoms with E-state index in [-0.39, 0.29) is 0 Å². The summed E-state index contributed by atoms with van der Waals surface area (Å²) >= 11 is 0. The lowest BCUT2D eigenvalue weighted by Crippen LogP contribution is -1.94. The molecule has 4 heteroatoms. The Bertz CT molecular complexity index is 400. The van der Waals surface area contributed by atoms with Gasteiger partial charge in [-0.1, -0.05) is 26.0 Å². The van der Waals surface area contributed by atoms with Crippen molar-refractivity contribution in [1.29, 1.82) is 0 Å². The fourth-order valence-electron chi connectivity index (χ4n) is 1.49. The van der Waals surface area contributed by atoms with E-state index in [2.05, 4.69) is 18.4 Å². The molecular formula is C11H15O3P. The molecule has 0 radical (unpaired) electrons. The number of hydrogen-bond donors (Lipinski definition) is 0. The van der Waals surface area contributed by atoms with Crippen molar-refractivity contribution in [2.75, 3.05) is 0 Å². The van der Waals surface area contributed by atoms with Gasteiger partial charge in [0.15, 0.2) is 0 Å². The van der Waals surface area contributed by atoms with Crippen molar-refractivity contribution >= 4 is 7.91 Å². The van der Waals surface area contributed by atoms with Crippen LogP contribution in [0.3, 0.4) is 0 Å². The van der Waals surface area contributed by atoms with Crippen LogP contribution in [-0.2, 0) is 15.6 Å². The monoisotopic (exact) mass is 226 g/mol. The van der Waals surface area contributed by atoms with E-state index in [1.807, 2.05) is 19.1 Å². The minimum absolute atomic E-state index is 0.415. The Morgan fingerprint density at radius 1 is 1.33 bits per heavy atom. The van der Waals surface area contributed by atoms with Gasteiger partial charge in [0.1, 0.15) is 5.75 Å². The van der Waals surface area contributed by atoms with Crippen LogP contribution in [0.25, 0.3) is 0 Å². The molecule has 3 nitrogen and oxygen atoms in total. The molecule has 82 valence electrons. The first-order valence-electron chi connectivity index (χ1n) is 4.91. The first-order valence-corrected chi connectivity index (χ1v) is 6.00. The number of aryl methyl sites for hydroxylation is 1. The minimum Gasteiger partial charge on any atom is -0.387 e. The van der Waals surface area contributed by atoms with Gasteiger partial charge in [-0.15, -0.1) is 0 Å². The van der Waals surface area contributed by atoms with Crippen molar-refractivity contribution in [3.8, 4) is 5.75 Å². The molecule has 0 fully saturated rings. The summed E-state index contributed by atoms with van der Waals surface area (Å²) in [7, 11) is -2.82. The van der Waals surface area contributed by atoms with Crippen LogP contribution in [-0.4, -0.2) is 0 Å². The van der Waals surface area contributed by atoms with Gasteiger partial charge in [0.2, 0.25) is 0 Å². The topological polar surface area (TPSA) is 43.4 Å². The van der Waals surface area contributed by atoms with Gasteiger partial charge in [-0.05, 0) is 36.5 Å². The second-order valence-corrected chi connectivity index (χ2v) is 4.64. The molecule has 1 rings (SSSR count). The lowest BCUT2D eigenvalue weighted by Gasteiger charge is -2.07. The molecule has 0 amide bonds. The number of rotatable bonds is 4. The fraction of sp³-hybridized carbons (Fsp3) is 0.455. The fourth-order valence-corrected chi connectivity index (χ4v) is 1.86. The SMILES string of the molecule is Cc1cc(CC(C)C)ccc1OP(=O)=O. The molecule has 0 atom stereocenters. The standard InChI is InChI=1S/C11H15O3P/c1-8(2)6-10-4-5-11(9(3)7-10)14-15(12)13/h4-5,7-8H,6H2,1-3H3. The van der Waals surface area contributed by atoms with E-state index < -0.39 is 7.91 Å². The average molecular weight is 226 g/mol. The predicted octanol–water partition coefficient (Wildman–Crippen LogP) is 3.66. The average Bonchev–Trinajstić information content (AvgIpc) is 2.08. The van der Waals surface area contributed by atoms with Crippen molar-refractivity contribution in [2.45, 2.75) is 27.2 Å². The van der Waals surface area contributed by atoms with Gasteiger partial charge in [0, 0.05) is 0 Å². The molecular weight excluding hydrogens is 211 g/mol. The molecule has 0 heterocycles. The van der Waals surface area contributed by atoms with Gasteiger partial charge in [-0.3, -0.25) is 0 Å². The third-order valence-corrected chi connectivity index (χ3v) is 2.40. The lowest BCUT2D eigenvalue weighted by atomic mass is 10.0. The van der Waals surface area contributed by atoms with E-state index in [9.17, 15) is 9.13 Å². The van der Waals surface area contributed by atoms with Gasteiger partial charge in [0.25, 0.3) is 0 Å². The van der Waals surface area contributed by atoms with Crippen LogP contribution in [0.1, 0.15) is 25.0 Å². The highest BCUT2D eigenvalue weighted by Gasteiger charge is 2.04. The van der Waals surface area contributed by atoms with Crippen molar-refractivity contribution in [3.63, 3.8) is 0 Å². The van der Waals surface area contributed by atoms with E-state index in [0.29, 0.717) is 11.7 Å². The molecule has 0 aliphatic heterocycles. The zero-order chi connectivity index (χ0) is 11.4. The summed E-state index contributed by atoms with van der Waals surface area (Å²) in [4.78, 5) is 0. The molecule has 0 saturated carbocycles. The summed E-state index contributed by atoms with van der Waals surface area (Å²) < 4.78 is 25.5. The van der Waals surface area contributed by atoms with Crippen LogP contribution in [0, 0.1) is 12.8 Å². The Kier molecular flexibility index (Phi) is 4.10. The molecule has 15 heavy (non-hydrogen) atoms. The molecule has 0 N–H and O–H groups in total. The Morgan fingerprint density at radius 3 is 2.47 bits per heavy atom. The van der Waals surface area contributed by atoms with E-state index >= 15 is 0 Å². The summed E-state index contributed by atoms with van der Waals surface area (Å²) in [5, 5.41) is 0. The molecule has 0 spiro atoms. The van der Waals surface area contributed by atoms with Gasteiger partial charge in [-0.25, -0.2) is 0 Å². The Hall–Kier alpha value is -1.08. The number of benzene rings is 1. The normalized spacial score (nSPS) is 10.4. The maximum atomic E-state index is 10.4. The van der Waals surface area contributed by atoms with Gasteiger partial charge in [0.05, 0.1) is 0 Å². The molecule has 0 saturated heterocycles. The van der Waals surface area contributed by atoms with Crippen LogP contribution in [0.4, 0.5) is 0 Å². The van der Waals surface area contributed by atoms with Crippen molar-refractivity contribution < 1.29 is 13.7 Å². The Balaban J connectivity index is 2.87. The summed E-state index contributed by atoms with van der Waals surface area (Å²) in [5.41, 5.74) is 2.06. The second kappa shape index (κ2) is 5.13. The van der Waals surface area contributed by atoms with E-state index in [1.54, 1.807) is 6.07 Å². The summed E-state index contributed by atoms with van der Waals surface area (Å²) in [6.45, 7) is 6.14. The molecule has 1 aromatic carbocycles. The molecule has 0 aliphatic carbocycles. The highest BCUT2D eigenvalue weighted by Crippen LogP contribution is 2.25. The third-order valence-electron chi connectivity index (χ3n) is 2.06. The Morgan fingerprint density at radius 2 is 2.00 bits per heavy atom. The lowest BCUT2D eigenvalue weighted by molar-refractivity contribution is 0.437. The highest BCUT2D eigenvalue weighted by molar-refractivity contribution is 7.25. The zero-order valence-corrected chi connectivity index (χ0v) is 10.1. The summed E-state index contributed by atoms with van der Waals surface area (Å²) in [6.07, 6.45) is 0.991. The van der Waals surface area contributed by atoms with Crippen LogP contribution in [0.15, 0.2) is 18.2 Å². The maximum absolute atomic E-state index is 10.4. The molecule has 0 aromatic heterocycles. The van der Waals surface area contributed by atoms with Crippen molar-refractivity contribution in [1.82, 2.24) is 0 Å². The largest absolute Gasteiger partial charge is 0.529 e. The van der Waals surface area contributed by atoms with Gasteiger partial charge < -0.3 is 4.52 Å². The predicted molar refractivity (Wildman–Crippen MR) is 58.6 cm³/mol. The first-order chi connectivity index (χ1) is 6.99. The van der Waals surface area contributed by atoms with E-state index in [1.165, 1.54) is 5.56 Å². The molecule has 0 unspecified atom stereocenters. The molecule has 0 bridgehead atoms. The maximum Gasteiger partial charge on any atom is 0.529 e.